The van der Waals surface area contributed by atoms with E-state index in [1.807, 2.05) is 37.3 Å². The van der Waals surface area contributed by atoms with E-state index in [2.05, 4.69) is 17.1 Å². The lowest BCUT2D eigenvalue weighted by Gasteiger charge is -2.15. The fraction of sp³-hybridized carbons (Fsp3) is 0.333. The minimum Gasteiger partial charge on any atom is -0.324 e. The molecule has 0 aliphatic carbocycles. The van der Waals surface area contributed by atoms with Crippen LogP contribution in [0.25, 0.3) is 0 Å². The second-order valence-corrected chi connectivity index (χ2v) is 5.11. The summed E-state index contributed by atoms with van der Waals surface area (Å²) in [6, 6.07) is 9.77. The number of aryl methyl sites for hydroxylation is 2. The minimum atomic E-state index is -0.0645. The minimum absolute atomic E-state index is 0.0645. The number of halogens is 1. The lowest BCUT2D eigenvalue weighted by molar-refractivity contribution is 0.691. The zero-order valence-corrected chi connectivity index (χ0v) is 12.0. The van der Waals surface area contributed by atoms with Crippen molar-refractivity contribution in [2.24, 2.45) is 5.73 Å². The molecule has 0 saturated carbocycles. The molecule has 1 aromatic heterocycles. The van der Waals surface area contributed by atoms with Crippen LogP contribution in [0.4, 0.5) is 0 Å². The standard InChI is InChI=1S/C15H18ClN3/c1-3-15-13(8-10(2)18-19-15)14(17)9-11-4-6-12(16)7-5-11/h4-8,14H,3,9,17H2,1-2H3. The summed E-state index contributed by atoms with van der Waals surface area (Å²) in [7, 11) is 0. The third kappa shape index (κ3) is 3.52. The molecule has 2 aromatic rings. The third-order valence-electron chi connectivity index (χ3n) is 3.13. The molecule has 0 amide bonds. The van der Waals surface area contributed by atoms with Crippen LogP contribution in [0.15, 0.2) is 30.3 Å². The molecule has 0 bridgehead atoms. The van der Waals surface area contributed by atoms with E-state index in [1.54, 1.807) is 0 Å². The van der Waals surface area contributed by atoms with Crippen molar-refractivity contribution in [2.45, 2.75) is 32.7 Å². The van der Waals surface area contributed by atoms with Crippen LogP contribution in [-0.2, 0) is 12.8 Å². The van der Waals surface area contributed by atoms with Crippen molar-refractivity contribution in [2.75, 3.05) is 0 Å². The van der Waals surface area contributed by atoms with Crippen molar-refractivity contribution in [3.05, 3.63) is 57.9 Å². The van der Waals surface area contributed by atoms with Crippen molar-refractivity contribution < 1.29 is 0 Å². The van der Waals surface area contributed by atoms with Crippen LogP contribution >= 0.6 is 11.6 Å². The number of benzene rings is 1. The summed E-state index contributed by atoms with van der Waals surface area (Å²) in [5.74, 6) is 0. The number of rotatable bonds is 4. The zero-order valence-electron chi connectivity index (χ0n) is 11.2. The summed E-state index contributed by atoms with van der Waals surface area (Å²) >= 11 is 5.88. The van der Waals surface area contributed by atoms with E-state index >= 15 is 0 Å². The van der Waals surface area contributed by atoms with Crippen molar-refractivity contribution in [3.63, 3.8) is 0 Å². The van der Waals surface area contributed by atoms with Crippen LogP contribution in [0.1, 0.15) is 35.5 Å². The van der Waals surface area contributed by atoms with Crippen LogP contribution in [0.2, 0.25) is 5.02 Å². The molecule has 0 aliphatic heterocycles. The van der Waals surface area contributed by atoms with Gasteiger partial charge in [0.1, 0.15) is 0 Å². The maximum Gasteiger partial charge on any atom is 0.0676 e. The van der Waals surface area contributed by atoms with Crippen molar-refractivity contribution in [1.29, 1.82) is 0 Å². The number of aromatic nitrogens is 2. The topological polar surface area (TPSA) is 51.8 Å². The Balaban J connectivity index is 2.21. The second-order valence-electron chi connectivity index (χ2n) is 4.68. The van der Waals surface area contributed by atoms with Gasteiger partial charge in [0.05, 0.1) is 11.4 Å². The molecule has 0 spiro atoms. The van der Waals surface area contributed by atoms with Gasteiger partial charge >= 0.3 is 0 Å². The molecule has 19 heavy (non-hydrogen) atoms. The maximum absolute atomic E-state index is 6.31. The number of nitrogens with zero attached hydrogens (tertiary/aromatic N) is 2. The molecule has 1 heterocycles. The van der Waals surface area contributed by atoms with Gasteiger partial charge in [0.15, 0.2) is 0 Å². The molecule has 1 unspecified atom stereocenters. The molecule has 0 radical (unpaired) electrons. The molecule has 1 aromatic carbocycles. The van der Waals surface area contributed by atoms with Gasteiger partial charge < -0.3 is 5.73 Å². The lowest BCUT2D eigenvalue weighted by atomic mass is 9.97. The number of hydrogen-bond acceptors (Lipinski definition) is 3. The molecular formula is C15H18ClN3. The molecule has 100 valence electrons. The Kier molecular flexibility index (Phi) is 4.51. The fourth-order valence-corrected chi connectivity index (χ4v) is 2.24. The van der Waals surface area contributed by atoms with Gasteiger partial charge in [0.25, 0.3) is 0 Å². The van der Waals surface area contributed by atoms with Crippen LogP contribution in [0.3, 0.4) is 0 Å². The monoisotopic (exact) mass is 275 g/mol. The molecule has 1 atom stereocenters. The van der Waals surface area contributed by atoms with Gasteiger partial charge in [0, 0.05) is 11.1 Å². The van der Waals surface area contributed by atoms with E-state index in [0.717, 1.165) is 34.8 Å². The molecule has 0 fully saturated rings. The molecule has 0 saturated heterocycles. The van der Waals surface area contributed by atoms with Crippen LogP contribution < -0.4 is 5.73 Å². The van der Waals surface area contributed by atoms with Crippen molar-refractivity contribution >= 4 is 11.6 Å². The van der Waals surface area contributed by atoms with Gasteiger partial charge in [0.2, 0.25) is 0 Å². The Morgan fingerprint density at radius 1 is 1.21 bits per heavy atom. The summed E-state index contributed by atoms with van der Waals surface area (Å²) in [6.07, 6.45) is 1.62. The van der Waals surface area contributed by atoms with Crippen LogP contribution in [0, 0.1) is 6.92 Å². The van der Waals surface area contributed by atoms with Gasteiger partial charge in [-0.1, -0.05) is 30.7 Å². The average Bonchev–Trinajstić information content (AvgIpc) is 2.41. The average molecular weight is 276 g/mol. The Hall–Kier alpha value is -1.45. The fourth-order valence-electron chi connectivity index (χ4n) is 2.11. The number of hydrogen-bond donors (Lipinski definition) is 1. The highest BCUT2D eigenvalue weighted by Crippen LogP contribution is 2.20. The number of nitrogens with two attached hydrogens (primary N) is 1. The second kappa shape index (κ2) is 6.13. The van der Waals surface area contributed by atoms with E-state index in [4.69, 9.17) is 17.3 Å². The Bertz CT molecular complexity index is 552. The molecule has 2 rings (SSSR count). The van der Waals surface area contributed by atoms with Crippen LogP contribution in [0.5, 0.6) is 0 Å². The maximum atomic E-state index is 6.31. The van der Waals surface area contributed by atoms with Gasteiger partial charge in [-0.2, -0.15) is 10.2 Å². The molecular weight excluding hydrogens is 258 g/mol. The van der Waals surface area contributed by atoms with E-state index in [-0.39, 0.29) is 6.04 Å². The third-order valence-corrected chi connectivity index (χ3v) is 3.38. The van der Waals surface area contributed by atoms with Gasteiger partial charge in [-0.25, -0.2) is 0 Å². The summed E-state index contributed by atoms with van der Waals surface area (Å²) in [4.78, 5) is 0. The van der Waals surface area contributed by atoms with E-state index in [9.17, 15) is 0 Å². The van der Waals surface area contributed by atoms with Gasteiger partial charge in [-0.3, -0.25) is 0 Å². The summed E-state index contributed by atoms with van der Waals surface area (Å²) in [5, 5.41) is 9.05. The van der Waals surface area contributed by atoms with E-state index in [1.165, 1.54) is 5.56 Å². The zero-order chi connectivity index (χ0) is 13.8. The Morgan fingerprint density at radius 3 is 2.53 bits per heavy atom. The van der Waals surface area contributed by atoms with Crippen molar-refractivity contribution in [3.8, 4) is 0 Å². The molecule has 4 heteroatoms. The quantitative estimate of drug-likeness (QED) is 0.932. The largest absolute Gasteiger partial charge is 0.324 e. The van der Waals surface area contributed by atoms with Crippen LogP contribution in [-0.4, -0.2) is 10.2 Å². The van der Waals surface area contributed by atoms with E-state index < -0.39 is 0 Å². The smallest absolute Gasteiger partial charge is 0.0676 e. The first kappa shape index (κ1) is 14.0. The SMILES string of the molecule is CCc1nnc(C)cc1C(N)Cc1ccc(Cl)cc1. The molecule has 2 N–H and O–H groups in total. The summed E-state index contributed by atoms with van der Waals surface area (Å²) in [6.45, 7) is 4.00. The lowest BCUT2D eigenvalue weighted by Crippen LogP contribution is -2.17. The van der Waals surface area contributed by atoms with Gasteiger partial charge in [-0.05, 0) is 49.1 Å². The summed E-state index contributed by atoms with van der Waals surface area (Å²) < 4.78 is 0. The molecule has 0 aliphatic rings. The van der Waals surface area contributed by atoms with Gasteiger partial charge in [-0.15, -0.1) is 0 Å². The van der Waals surface area contributed by atoms with Crippen molar-refractivity contribution in [1.82, 2.24) is 10.2 Å². The normalized spacial score (nSPS) is 12.4. The Morgan fingerprint density at radius 2 is 1.89 bits per heavy atom. The highest BCUT2D eigenvalue weighted by molar-refractivity contribution is 6.30. The first-order valence-electron chi connectivity index (χ1n) is 6.43. The first-order valence-corrected chi connectivity index (χ1v) is 6.81. The van der Waals surface area contributed by atoms with E-state index in [0.29, 0.717) is 0 Å². The highest BCUT2D eigenvalue weighted by Gasteiger charge is 2.13. The highest BCUT2D eigenvalue weighted by atomic mass is 35.5. The molecule has 3 nitrogen and oxygen atoms in total. The Labute approximate surface area is 118 Å². The predicted molar refractivity (Wildman–Crippen MR) is 78.2 cm³/mol. The predicted octanol–water partition coefficient (Wildman–Crippen LogP) is 3.24. The first-order chi connectivity index (χ1) is 9.10. The summed E-state index contributed by atoms with van der Waals surface area (Å²) in [5.41, 5.74) is 10.5.